The first kappa shape index (κ1) is 10.6. The number of hydrogen-bond donors (Lipinski definition) is 1. The van der Waals surface area contributed by atoms with Crippen molar-refractivity contribution in [1.82, 2.24) is 0 Å². The Kier molecular flexibility index (Phi) is 4.67. The predicted molar refractivity (Wildman–Crippen MR) is 41.0 cm³/mol. The maximum absolute atomic E-state index is 10.8. The zero-order chi connectivity index (χ0) is 9.56. The number of methoxy groups -OCH3 is 1. The minimum atomic E-state index is -0.917. The topological polar surface area (TPSA) is 76.5 Å². The second kappa shape index (κ2) is 5.29. The third-order valence-electron chi connectivity index (χ3n) is 1.07. The molecule has 0 saturated heterocycles. The zero-order valence-corrected chi connectivity index (χ0v) is 7.05. The van der Waals surface area contributed by atoms with Crippen molar-refractivity contribution < 1.29 is 19.1 Å². The third-order valence-corrected chi connectivity index (χ3v) is 1.07. The highest BCUT2D eigenvalue weighted by Gasteiger charge is 2.16. The molecule has 0 aliphatic carbocycles. The summed E-state index contributed by atoms with van der Waals surface area (Å²) >= 11 is 0. The Morgan fingerprint density at radius 2 is 2.00 bits per heavy atom. The molecular formula is C7H11NO4. The Morgan fingerprint density at radius 3 is 2.42 bits per heavy atom. The van der Waals surface area contributed by atoms with E-state index in [4.69, 9.17) is 5.41 Å². The van der Waals surface area contributed by atoms with Gasteiger partial charge < -0.3 is 9.47 Å². The van der Waals surface area contributed by atoms with E-state index in [9.17, 15) is 9.59 Å². The van der Waals surface area contributed by atoms with Crippen LogP contribution in [0.5, 0.6) is 0 Å². The van der Waals surface area contributed by atoms with E-state index >= 15 is 0 Å². The van der Waals surface area contributed by atoms with E-state index in [0.717, 1.165) is 0 Å². The molecule has 0 rings (SSSR count). The molecule has 0 bridgehead atoms. The van der Waals surface area contributed by atoms with Crippen LogP contribution in [0.25, 0.3) is 0 Å². The van der Waals surface area contributed by atoms with E-state index in [-0.39, 0.29) is 18.9 Å². The molecule has 0 aliphatic heterocycles. The van der Waals surface area contributed by atoms with E-state index in [0.29, 0.717) is 0 Å². The van der Waals surface area contributed by atoms with Crippen LogP contribution < -0.4 is 0 Å². The Morgan fingerprint density at radius 1 is 1.42 bits per heavy atom. The van der Waals surface area contributed by atoms with Gasteiger partial charge in [-0.2, -0.15) is 0 Å². The molecule has 0 aromatic rings. The molecule has 0 heterocycles. The number of ketones is 1. The lowest BCUT2D eigenvalue weighted by atomic mass is 10.3. The number of rotatable bonds is 4. The van der Waals surface area contributed by atoms with E-state index in [1.807, 2.05) is 0 Å². The van der Waals surface area contributed by atoms with Crippen molar-refractivity contribution in [2.24, 2.45) is 0 Å². The summed E-state index contributed by atoms with van der Waals surface area (Å²) in [6, 6.07) is 0. The maximum Gasteiger partial charge on any atom is 0.375 e. The molecule has 5 nitrogen and oxygen atoms in total. The molecule has 0 spiro atoms. The number of nitrogens with one attached hydrogen (secondary N) is 1. The molecule has 0 unspecified atom stereocenters. The normalized spacial score (nSPS) is 8.83. The van der Waals surface area contributed by atoms with Crippen molar-refractivity contribution in [3.63, 3.8) is 0 Å². The van der Waals surface area contributed by atoms with Crippen LogP contribution in [0, 0.1) is 5.41 Å². The van der Waals surface area contributed by atoms with Gasteiger partial charge in [0, 0.05) is 0 Å². The van der Waals surface area contributed by atoms with Crippen molar-refractivity contribution in [2.75, 3.05) is 13.7 Å². The Hall–Kier alpha value is -1.39. The van der Waals surface area contributed by atoms with Crippen LogP contribution in [0.1, 0.15) is 13.3 Å². The number of Topliss-reactive ketones (excluding diaryl/α,β-unsaturated/α-hetero) is 1. The van der Waals surface area contributed by atoms with Crippen LogP contribution in [-0.2, 0) is 19.1 Å². The lowest BCUT2D eigenvalue weighted by molar-refractivity contribution is -0.153. The lowest BCUT2D eigenvalue weighted by Crippen LogP contribution is -2.20. The van der Waals surface area contributed by atoms with Crippen LogP contribution in [0.2, 0.25) is 0 Å². The third kappa shape index (κ3) is 3.70. The van der Waals surface area contributed by atoms with Gasteiger partial charge >= 0.3 is 5.97 Å². The summed E-state index contributed by atoms with van der Waals surface area (Å²) in [6.45, 7) is 1.76. The van der Waals surface area contributed by atoms with Crippen LogP contribution in [0.15, 0.2) is 0 Å². The number of esters is 1. The van der Waals surface area contributed by atoms with Gasteiger partial charge in [-0.15, -0.1) is 0 Å². The lowest BCUT2D eigenvalue weighted by Gasteiger charge is -2.00. The smallest absolute Gasteiger partial charge is 0.375 e. The molecule has 0 fully saturated rings. The van der Waals surface area contributed by atoms with Gasteiger partial charge in [-0.3, -0.25) is 10.2 Å². The highest BCUT2D eigenvalue weighted by molar-refractivity contribution is 6.36. The average molecular weight is 173 g/mol. The van der Waals surface area contributed by atoms with Gasteiger partial charge in [-0.1, -0.05) is 0 Å². The first-order chi connectivity index (χ1) is 5.61. The molecule has 0 aromatic heterocycles. The predicted octanol–water partition coefficient (Wildman–Crippen LogP) is 0.132. The molecule has 0 aliphatic rings. The summed E-state index contributed by atoms with van der Waals surface area (Å²) in [5, 5.41) is 6.94. The number of ether oxygens (including phenoxy) is 2. The number of carbonyl (C=O) groups excluding carboxylic acids is 2. The van der Waals surface area contributed by atoms with Crippen LogP contribution in [-0.4, -0.2) is 31.4 Å². The quantitative estimate of drug-likeness (QED) is 0.284. The van der Waals surface area contributed by atoms with Crippen LogP contribution in [0.4, 0.5) is 0 Å². The fourth-order valence-corrected chi connectivity index (χ4v) is 0.502. The summed E-state index contributed by atoms with van der Waals surface area (Å²) in [5.41, 5.74) is 0. The van der Waals surface area contributed by atoms with Crippen molar-refractivity contribution in [3.05, 3.63) is 0 Å². The van der Waals surface area contributed by atoms with Gasteiger partial charge in [-0.05, 0) is 6.92 Å². The van der Waals surface area contributed by atoms with Crippen molar-refractivity contribution in [3.8, 4) is 0 Å². The largest absolute Gasteiger partial charge is 0.484 e. The van der Waals surface area contributed by atoms with Crippen molar-refractivity contribution in [2.45, 2.75) is 13.3 Å². The summed E-state index contributed by atoms with van der Waals surface area (Å²) in [6.07, 6.45) is -0.338. The van der Waals surface area contributed by atoms with Crippen LogP contribution >= 0.6 is 0 Å². The van der Waals surface area contributed by atoms with E-state index in [1.54, 1.807) is 6.92 Å². The monoisotopic (exact) mass is 173 g/mol. The highest BCUT2D eigenvalue weighted by Crippen LogP contribution is 1.90. The first-order valence-corrected chi connectivity index (χ1v) is 3.43. The summed E-state index contributed by atoms with van der Waals surface area (Å²) in [7, 11) is 1.26. The fraction of sp³-hybridized carbons (Fsp3) is 0.571. The summed E-state index contributed by atoms with van der Waals surface area (Å²) in [5.74, 6) is -1.92. The van der Waals surface area contributed by atoms with Crippen molar-refractivity contribution in [1.29, 1.82) is 5.41 Å². The molecular weight excluding hydrogens is 162 g/mol. The minimum Gasteiger partial charge on any atom is -0.484 e. The number of hydrogen-bond acceptors (Lipinski definition) is 5. The first-order valence-electron chi connectivity index (χ1n) is 3.43. The SMILES string of the molecule is CCOC(=O)C(=O)CC(=N)OC. The van der Waals surface area contributed by atoms with Gasteiger partial charge in [0.2, 0.25) is 5.78 Å². The highest BCUT2D eigenvalue weighted by atomic mass is 16.5. The summed E-state index contributed by atoms with van der Waals surface area (Å²) in [4.78, 5) is 21.5. The van der Waals surface area contributed by atoms with E-state index in [1.165, 1.54) is 7.11 Å². The average Bonchev–Trinajstić information content (AvgIpc) is 2.04. The molecule has 0 saturated carbocycles. The maximum atomic E-state index is 10.8. The Balaban J connectivity index is 3.87. The molecule has 0 radical (unpaired) electrons. The second-order valence-corrected chi connectivity index (χ2v) is 1.95. The van der Waals surface area contributed by atoms with E-state index in [2.05, 4.69) is 9.47 Å². The van der Waals surface area contributed by atoms with Crippen LogP contribution in [0.3, 0.4) is 0 Å². The molecule has 68 valence electrons. The van der Waals surface area contributed by atoms with E-state index < -0.39 is 11.8 Å². The summed E-state index contributed by atoms with van der Waals surface area (Å²) < 4.78 is 8.81. The Bertz CT molecular complexity index is 200. The fourth-order valence-electron chi connectivity index (χ4n) is 0.502. The second-order valence-electron chi connectivity index (χ2n) is 1.95. The van der Waals surface area contributed by atoms with Gasteiger partial charge in [-0.25, -0.2) is 4.79 Å². The van der Waals surface area contributed by atoms with Gasteiger partial charge in [0.1, 0.15) is 0 Å². The molecule has 12 heavy (non-hydrogen) atoms. The Labute approximate surface area is 70.2 Å². The van der Waals surface area contributed by atoms with Gasteiger partial charge in [0.15, 0.2) is 5.90 Å². The standard InChI is InChI=1S/C7H11NO4/c1-3-12-7(10)5(9)4-6(8)11-2/h8H,3-4H2,1-2H3. The molecule has 1 N–H and O–H groups in total. The van der Waals surface area contributed by atoms with Gasteiger partial charge in [0.25, 0.3) is 0 Å². The molecule has 0 amide bonds. The van der Waals surface area contributed by atoms with Gasteiger partial charge in [0.05, 0.1) is 20.1 Å². The molecule has 0 aromatic carbocycles. The number of carbonyl (C=O) groups is 2. The van der Waals surface area contributed by atoms with Crippen molar-refractivity contribution >= 4 is 17.7 Å². The minimum absolute atomic E-state index is 0.158. The zero-order valence-electron chi connectivity index (χ0n) is 7.05. The molecule has 0 atom stereocenters. The molecule has 5 heteroatoms.